The largest absolute Gasteiger partial charge is 0.339 e. The number of nitrogens with zero attached hydrogens (tertiary/aromatic N) is 6. The molecular formula is C23H27FN6O. The van der Waals surface area contributed by atoms with E-state index < -0.39 is 6.04 Å². The number of hydrogen-bond acceptors (Lipinski definition) is 5. The second kappa shape index (κ2) is 9.78. The van der Waals surface area contributed by atoms with Crippen molar-refractivity contribution in [3.63, 3.8) is 0 Å². The summed E-state index contributed by atoms with van der Waals surface area (Å²) in [5, 5.41) is 11.7. The van der Waals surface area contributed by atoms with E-state index in [9.17, 15) is 9.18 Å². The molecule has 1 aliphatic heterocycles. The average Bonchev–Trinajstić information content (AvgIpc) is 3.06. The number of aryl methyl sites for hydroxylation is 1. The summed E-state index contributed by atoms with van der Waals surface area (Å²) in [6.07, 6.45) is 1.24. The van der Waals surface area contributed by atoms with E-state index in [1.807, 2.05) is 17.0 Å². The van der Waals surface area contributed by atoms with Crippen molar-refractivity contribution >= 4 is 5.91 Å². The molecule has 7 nitrogen and oxygen atoms in total. The molecule has 2 heterocycles. The molecule has 0 spiro atoms. The van der Waals surface area contributed by atoms with Crippen molar-refractivity contribution in [1.29, 1.82) is 0 Å². The summed E-state index contributed by atoms with van der Waals surface area (Å²) in [6, 6.07) is 16.1. The lowest BCUT2D eigenvalue weighted by Gasteiger charge is -2.27. The van der Waals surface area contributed by atoms with Gasteiger partial charge in [0.15, 0.2) is 0 Å². The molecule has 0 bridgehead atoms. The zero-order chi connectivity index (χ0) is 21.6. The maximum Gasteiger partial charge on any atom is 0.247 e. The average molecular weight is 423 g/mol. The van der Waals surface area contributed by atoms with Crippen LogP contribution in [0, 0.1) is 12.7 Å². The Hall–Kier alpha value is -3.13. The number of amides is 1. The van der Waals surface area contributed by atoms with E-state index in [4.69, 9.17) is 0 Å². The Morgan fingerprint density at radius 3 is 2.58 bits per heavy atom. The molecule has 0 aliphatic carbocycles. The van der Waals surface area contributed by atoms with Gasteiger partial charge in [-0.1, -0.05) is 42.5 Å². The van der Waals surface area contributed by atoms with Crippen LogP contribution in [-0.4, -0.2) is 62.1 Å². The number of hydrogen-bond donors (Lipinski definition) is 0. The Balaban J connectivity index is 1.48. The van der Waals surface area contributed by atoms with Gasteiger partial charge in [0.05, 0.1) is 0 Å². The van der Waals surface area contributed by atoms with Crippen LogP contribution in [0.5, 0.6) is 0 Å². The molecule has 1 aliphatic rings. The summed E-state index contributed by atoms with van der Waals surface area (Å²) in [5.74, 6) is 0.222. The highest BCUT2D eigenvalue weighted by Gasteiger charge is 2.30. The summed E-state index contributed by atoms with van der Waals surface area (Å²) in [7, 11) is 0. The van der Waals surface area contributed by atoms with Gasteiger partial charge in [-0.25, -0.2) is 9.07 Å². The van der Waals surface area contributed by atoms with Gasteiger partial charge in [0, 0.05) is 39.1 Å². The van der Waals surface area contributed by atoms with Crippen molar-refractivity contribution in [3.05, 3.63) is 77.4 Å². The third-order valence-corrected chi connectivity index (χ3v) is 5.70. The third-order valence-electron chi connectivity index (χ3n) is 5.70. The monoisotopic (exact) mass is 422 g/mol. The lowest BCUT2D eigenvalue weighted by Crippen LogP contribution is -2.41. The van der Waals surface area contributed by atoms with Gasteiger partial charge < -0.3 is 4.90 Å². The minimum atomic E-state index is -0.600. The molecule has 1 atom stereocenters. The molecule has 31 heavy (non-hydrogen) atoms. The first-order chi connectivity index (χ1) is 15.1. The summed E-state index contributed by atoms with van der Waals surface area (Å²) in [6.45, 7) is 5.73. The molecule has 1 amide bonds. The van der Waals surface area contributed by atoms with Crippen LogP contribution in [0.25, 0.3) is 0 Å². The molecule has 162 valence electrons. The third kappa shape index (κ3) is 5.32. The topological polar surface area (TPSA) is 67.2 Å². The van der Waals surface area contributed by atoms with Crippen molar-refractivity contribution in [1.82, 2.24) is 30.0 Å². The van der Waals surface area contributed by atoms with E-state index in [2.05, 4.69) is 44.7 Å². The van der Waals surface area contributed by atoms with E-state index >= 15 is 0 Å². The molecule has 8 heteroatoms. The normalized spacial score (nSPS) is 16.1. The number of carbonyl (C=O) groups excluding carboxylic acids is 1. The molecule has 0 unspecified atom stereocenters. The van der Waals surface area contributed by atoms with Crippen LogP contribution in [0.3, 0.4) is 0 Å². The van der Waals surface area contributed by atoms with Crippen LogP contribution < -0.4 is 0 Å². The highest BCUT2D eigenvalue weighted by Crippen LogP contribution is 2.20. The predicted octanol–water partition coefficient (Wildman–Crippen LogP) is 2.64. The molecule has 0 radical (unpaired) electrons. The maximum atomic E-state index is 13.7. The van der Waals surface area contributed by atoms with Crippen LogP contribution >= 0.6 is 0 Å². The van der Waals surface area contributed by atoms with E-state index in [0.717, 1.165) is 31.6 Å². The summed E-state index contributed by atoms with van der Waals surface area (Å²) in [5.41, 5.74) is 2.02. The molecule has 4 rings (SSSR count). The molecule has 1 aromatic heterocycles. The zero-order valence-corrected chi connectivity index (χ0v) is 17.7. The zero-order valence-electron chi connectivity index (χ0n) is 17.7. The molecule has 0 N–H and O–H groups in total. The van der Waals surface area contributed by atoms with Gasteiger partial charge in [0.1, 0.15) is 17.7 Å². The van der Waals surface area contributed by atoms with Crippen LogP contribution in [0.2, 0.25) is 0 Å². The fraction of sp³-hybridized carbons (Fsp3) is 0.391. The lowest BCUT2D eigenvalue weighted by molar-refractivity contribution is -0.135. The Kier molecular flexibility index (Phi) is 6.66. The smallest absolute Gasteiger partial charge is 0.247 e. The van der Waals surface area contributed by atoms with Crippen LogP contribution in [0.1, 0.15) is 29.4 Å². The van der Waals surface area contributed by atoms with Crippen LogP contribution in [-0.2, 0) is 17.8 Å². The number of carbonyl (C=O) groups is 1. The minimum Gasteiger partial charge on any atom is -0.339 e. The number of aromatic nitrogens is 4. The lowest BCUT2D eigenvalue weighted by atomic mass is 10.0. The van der Waals surface area contributed by atoms with Crippen molar-refractivity contribution in [2.45, 2.75) is 32.4 Å². The standard InChI is InChI=1S/C23H27FN6O/c1-18-25-26-27-30(18)22(16-20-9-5-10-21(24)15-20)23(31)29-12-6-11-28(13-14-29)17-19-7-3-2-4-8-19/h2-5,7-10,15,22H,6,11-14,16-17H2,1H3/t22-/m1/s1. The predicted molar refractivity (Wildman–Crippen MR) is 115 cm³/mol. The second-order valence-corrected chi connectivity index (χ2v) is 7.96. The van der Waals surface area contributed by atoms with Gasteiger partial charge >= 0.3 is 0 Å². The van der Waals surface area contributed by atoms with Gasteiger partial charge in [-0.15, -0.1) is 5.10 Å². The summed E-state index contributed by atoms with van der Waals surface area (Å²) >= 11 is 0. The second-order valence-electron chi connectivity index (χ2n) is 7.96. The number of benzene rings is 2. The molecule has 1 fully saturated rings. The van der Waals surface area contributed by atoms with Crippen molar-refractivity contribution in [3.8, 4) is 0 Å². The number of tetrazole rings is 1. The molecule has 1 saturated heterocycles. The highest BCUT2D eigenvalue weighted by atomic mass is 19.1. The van der Waals surface area contributed by atoms with E-state index in [0.29, 0.717) is 25.3 Å². The Morgan fingerprint density at radius 2 is 1.84 bits per heavy atom. The number of halogens is 1. The summed E-state index contributed by atoms with van der Waals surface area (Å²) < 4.78 is 15.3. The van der Waals surface area contributed by atoms with E-state index in [-0.39, 0.29) is 11.7 Å². The van der Waals surface area contributed by atoms with Gasteiger partial charge in [0.25, 0.3) is 0 Å². The van der Waals surface area contributed by atoms with Crippen molar-refractivity contribution < 1.29 is 9.18 Å². The first kappa shape index (κ1) is 21.1. The van der Waals surface area contributed by atoms with Gasteiger partial charge in [-0.3, -0.25) is 9.69 Å². The van der Waals surface area contributed by atoms with Gasteiger partial charge in [-0.05, 0) is 47.0 Å². The molecular weight excluding hydrogens is 395 g/mol. The van der Waals surface area contributed by atoms with Gasteiger partial charge in [-0.2, -0.15) is 0 Å². The van der Waals surface area contributed by atoms with E-state index in [1.54, 1.807) is 17.7 Å². The maximum absolute atomic E-state index is 13.7. The Bertz CT molecular complexity index is 1010. The van der Waals surface area contributed by atoms with Crippen LogP contribution in [0.15, 0.2) is 54.6 Å². The summed E-state index contributed by atoms with van der Waals surface area (Å²) in [4.78, 5) is 17.8. The molecule has 3 aromatic rings. The first-order valence-corrected chi connectivity index (χ1v) is 10.6. The minimum absolute atomic E-state index is 0.0266. The number of rotatable bonds is 6. The highest BCUT2D eigenvalue weighted by molar-refractivity contribution is 5.80. The SMILES string of the molecule is Cc1nnnn1[C@H](Cc1cccc(F)c1)C(=O)N1CCCN(Cc2ccccc2)CC1. The fourth-order valence-electron chi connectivity index (χ4n) is 4.09. The fourth-order valence-corrected chi connectivity index (χ4v) is 4.09. The van der Waals surface area contributed by atoms with Crippen LogP contribution in [0.4, 0.5) is 4.39 Å². The van der Waals surface area contributed by atoms with Crippen molar-refractivity contribution in [2.24, 2.45) is 0 Å². The Labute approximate surface area is 181 Å². The van der Waals surface area contributed by atoms with Crippen molar-refractivity contribution in [2.75, 3.05) is 26.2 Å². The first-order valence-electron chi connectivity index (χ1n) is 10.6. The molecule has 2 aromatic carbocycles. The molecule has 0 saturated carbocycles. The quantitative estimate of drug-likeness (QED) is 0.611. The van der Waals surface area contributed by atoms with E-state index in [1.165, 1.54) is 17.7 Å². The Morgan fingerprint density at radius 1 is 1.03 bits per heavy atom. The van der Waals surface area contributed by atoms with Gasteiger partial charge in [0.2, 0.25) is 5.91 Å².